The molecular formula is C55H36N2O. The first-order valence-electron chi connectivity index (χ1n) is 19.7. The first kappa shape index (κ1) is 33.6. The van der Waals surface area contributed by atoms with Crippen molar-refractivity contribution in [1.29, 1.82) is 0 Å². The number of anilines is 3. The van der Waals surface area contributed by atoms with Crippen LogP contribution in [0.2, 0.25) is 0 Å². The maximum Gasteiger partial charge on any atom is 0.227 e. The summed E-state index contributed by atoms with van der Waals surface area (Å²) < 4.78 is 6.63. The van der Waals surface area contributed by atoms with E-state index in [-0.39, 0.29) is 0 Å². The van der Waals surface area contributed by atoms with E-state index in [1.165, 1.54) is 49.4 Å². The summed E-state index contributed by atoms with van der Waals surface area (Å²) in [5, 5.41) is 7.05. The summed E-state index contributed by atoms with van der Waals surface area (Å²) in [6, 6.07) is 77.7. The molecule has 10 aromatic carbocycles. The predicted octanol–water partition coefficient (Wildman–Crippen LogP) is 15.4. The highest BCUT2D eigenvalue weighted by Crippen LogP contribution is 2.43. The lowest BCUT2D eigenvalue weighted by Crippen LogP contribution is -2.10. The lowest BCUT2D eigenvalue weighted by Gasteiger charge is -2.27. The Balaban J connectivity index is 1.03. The van der Waals surface area contributed by atoms with Gasteiger partial charge in [-0.2, -0.15) is 0 Å². The summed E-state index contributed by atoms with van der Waals surface area (Å²) >= 11 is 0. The van der Waals surface area contributed by atoms with Gasteiger partial charge in [-0.05, 0) is 110 Å². The number of oxazole rings is 1. The van der Waals surface area contributed by atoms with Crippen LogP contribution in [0, 0.1) is 0 Å². The van der Waals surface area contributed by atoms with Gasteiger partial charge in [-0.25, -0.2) is 4.98 Å². The zero-order valence-electron chi connectivity index (χ0n) is 31.6. The lowest BCUT2D eigenvalue weighted by molar-refractivity contribution is 0.623. The van der Waals surface area contributed by atoms with Gasteiger partial charge in [-0.1, -0.05) is 164 Å². The highest BCUT2D eigenvalue weighted by molar-refractivity contribution is 6.10. The molecule has 0 aliphatic heterocycles. The topological polar surface area (TPSA) is 29.3 Å². The fourth-order valence-electron chi connectivity index (χ4n) is 8.44. The SMILES string of the molecule is c1ccc(-c2ccc(-c3nc4ccc5c(N(c6ccc(-c7cccc8ccccc78)cc6)c6ccc(-c7cccc8ccccc78)cc6)cccc5c4o3)cc2)cc1. The molecule has 58 heavy (non-hydrogen) atoms. The van der Waals surface area contributed by atoms with E-state index in [4.69, 9.17) is 9.40 Å². The van der Waals surface area contributed by atoms with E-state index in [1.807, 2.05) is 6.07 Å². The zero-order valence-corrected chi connectivity index (χ0v) is 31.6. The van der Waals surface area contributed by atoms with Crippen molar-refractivity contribution < 1.29 is 4.42 Å². The van der Waals surface area contributed by atoms with Gasteiger partial charge in [0, 0.05) is 27.7 Å². The van der Waals surface area contributed by atoms with Crippen LogP contribution in [0.5, 0.6) is 0 Å². The van der Waals surface area contributed by atoms with Crippen LogP contribution in [-0.2, 0) is 0 Å². The number of hydrogen-bond acceptors (Lipinski definition) is 3. The van der Waals surface area contributed by atoms with Crippen molar-refractivity contribution in [2.75, 3.05) is 4.90 Å². The standard InChI is InChI=1S/C55H36N2O/c1-2-11-37(12-3-1)38-23-25-43(26-24-38)55-56-52-36-35-50-51(54(52)58-55)21-10-22-53(50)57(44-31-27-41(28-32-44)48-19-8-15-39-13-4-6-17-46(39)48)45-33-29-42(30-34-45)49-20-9-16-40-14-5-7-18-47(40)49/h1-36H. The Kier molecular flexibility index (Phi) is 8.15. The van der Waals surface area contributed by atoms with Crippen molar-refractivity contribution in [2.24, 2.45) is 0 Å². The number of rotatable bonds is 7. The van der Waals surface area contributed by atoms with Crippen LogP contribution in [0.4, 0.5) is 17.1 Å². The third kappa shape index (κ3) is 5.89. The van der Waals surface area contributed by atoms with Gasteiger partial charge in [-0.15, -0.1) is 0 Å². The van der Waals surface area contributed by atoms with E-state index in [2.05, 4.69) is 217 Å². The molecule has 0 aliphatic rings. The average molecular weight is 741 g/mol. The summed E-state index contributed by atoms with van der Waals surface area (Å²) in [5.41, 5.74) is 12.9. The second kappa shape index (κ2) is 14.1. The molecule has 0 bridgehead atoms. The average Bonchev–Trinajstić information content (AvgIpc) is 3.75. The monoisotopic (exact) mass is 740 g/mol. The fourth-order valence-corrected chi connectivity index (χ4v) is 8.44. The third-order valence-corrected chi connectivity index (χ3v) is 11.3. The fraction of sp³-hybridized carbons (Fsp3) is 0. The Morgan fingerprint density at radius 2 is 0.810 bits per heavy atom. The second-order valence-electron chi connectivity index (χ2n) is 14.7. The van der Waals surface area contributed by atoms with Crippen molar-refractivity contribution in [3.63, 3.8) is 0 Å². The molecule has 0 saturated carbocycles. The molecule has 0 unspecified atom stereocenters. The van der Waals surface area contributed by atoms with Crippen LogP contribution in [0.3, 0.4) is 0 Å². The van der Waals surface area contributed by atoms with Gasteiger partial charge < -0.3 is 9.32 Å². The first-order chi connectivity index (χ1) is 28.7. The van der Waals surface area contributed by atoms with E-state index >= 15 is 0 Å². The van der Waals surface area contributed by atoms with Gasteiger partial charge in [0.05, 0.1) is 5.69 Å². The molecule has 0 amide bonds. The predicted molar refractivity (Wildman–Crippen MR) is 243 cm³/mol. The highest BCUT2D eigenvalue weighted by atomic mass is 16.3. The minimum Gasteiger partial charge on any atom is -0.435 e. The molecule has 0 fully saturated rings. The van der Waals surface area contributed by atoms with Crippen molar-refractivity contribution in [3.8, 4) is 44.8 Å². The highest BCUT2D eigenvalue weighted by Gasteiger charge is 2.19. The summed E-state index contributed by atoms with van der Waals surface area (Å²) in [5.74, 6) is 0.609. The molecule has 0 atom stereocenters. The van der Waals surface area contributed by atoms with Crippen molar-refractivity contribution in [3.05, 3.63) is 218 Å². The van der Waals surface area contributed by atoms with E-state index in [0.717, 1.165) is 50.1 Å². The molecule has 0 spiro atoms. The van der Waals surface area contributed by atoms with Gasteiger partial charge in [0.1, 0.15) is 5.52 Å². The zero-order chi connectivity index (χ0) is 38.4. The number of benzene rings is 10. The summed E-state index contributed by atoms with van der Waals surface area (Å²) in [6.07, 6.45) is 0. The Bertz CT molecular complexity index is 3120. The van der Waals surface area contributed by atoms with E-state index in [0.29, 0.717) is 5.89 Å². The van der Waals surface area contributed by atoms with E-state index < -0.39 is 0 Å². The van der Waals surface area contributed by atoms with Crippen LogP contribution in [-0.4, -0.2) is 4.98 Å². The number of fused-ring (bicyclic) bond motifs is 5. The van der Waals surface area contributed by atoms with Gasteiger partial charge in [0.25, 0.3) is 0 Å². The quantitative estimate of drug-likeness (QED) is 0.163. The Hall–Kier alpha value is -7.75. The molecular weight excluding hydrogens is 705 g/mol. The van der Waals surface area contributed by atoms with Gasteiger partial charge in [0.15, 0.2) is 5.58 Å². The van der Waals surface area contributed by atoms with Crippen LogP contribution in [0.25, 0.3) is 88.3 Å². The van der Waals surface area contributed by atoms with Crippen molar-refractivity contribution in [2.45, 2.75) is 0 Å². The Morgan fingerprint density at radius 3 is 1.43 bits per heavy atom. The number of nitrogens with zero attached hydrogens (tertiary/aromatic N) is 2. The van der Waals surface area contributed by atoms with E-state index in [1.54, 1.807) is 0 Å². The van der Waals surface area contributed by atoms with Gasteiger partial charge in [-0.3, -0.25) is 0 Å². The van der Waals surface area contributed by atoms with Crippen LogP contribution in [0.1, 0.15) is 0 Å². The molecule has 11 rings (SSSR count). The van der Waals surface area contributed by atoms with Gasteiger partial charge >= 0.3 is 0 Å². The molecule has 0 radical (unpaired) electrons. The molecule has 0 saturated heterocycles. The molecule has 3 nitrogen and oxygen atoms in total. The number of hydrogen-bond donors (Lipinski definition) is 0. The van der Waals surface area contributed by atoms with Crippen LogP contribution >= 0.6 is 0 Å². The van der Waals surface area contributed by atoms with Crippen LogP contribution < -0.4 is 4.90 Å². The number of aromatic nitrogens is 1. The van der Waals surface area contributed by atoms with Crippen molar-refractivity contribution >= 4 is 60.5 Å². The minimum atomic E-state index is 0.609. The molecule has 1 aromatic heterocycles. The maximum atomic E-state index is 6.63. The smallest absolute Gasteiger partial charge is 0.227 e. The normalized spacial score (nSPS) is 11.4. The maximum absolute atomic E-state index is 6.63. The molecule has 3 heteroatoms. The summed E-state index contributed by atoms with van der Waals surface area (Å²) in [7, 11) is 0. The summed E-state index contributed by atoms with van der Waals surface area (Å²) in [4.78, 5) is 7.32. The van der Waals surface area contributed by atoms with Crippen molar-refractivity contribution in [1.82, 2.24) is 4.98 Å². The summed E-state index contributed by atoms with van der Waals surface area (Å²) in [6.45, 7) is 0. The first-order valence-corrected chi connectivity index (χ1v) is 19.7. The Labute approximate surface area is 336 Å². The van der Waals surface area contributed by atoms with Crippen LogP contribution in [0.15, 0.2) is 223 Å². The molecule has 0 N–H and O–H groups in total. The Morgan fingerprint density at radius 1 is 0.328 bits per heavy atom. The third-order valence-electron chi connectivity index (χ3n) is 11.3. The molecule has 0 aliphatic carbocycles. The largest absolute Gasteiger partial charge is 0.435 e. The minimum absolute atomic E-state index is 0.609. The molecule has 1 heterocycles. The molecule has 11 aromatic rings. The van der Waals surface area contributed by atoms with E-state index in [9.17, 15) is 0 Å². The van der Waals surface area contributed by atoms with Gasteiger partial charge in [0.2, 0.25) is 5.89 Å². The molecule has 272 valence electrons. The lowest BCUT2D eigenvalue weighted by atomic mass is 9.97. The second-order valence-corrected chi connectivity index (χ2v) is 14.7.